The number of phenols is 1. The van der Waals surface area contributed by atoms with Gasteiger partial charge in [0.15, 0.2) is 0 Å². The summed E-state index contributed by atoms with van der Waals surface area (Å²) < 4.78 is 51.9. The maximum absolute atomic E-state index is 13.3. The maximum Gasteiger partial charge on any atom is 0.416 e. The van der Waals surface area contributed by atoms with Gasteiger partial charge in [0.1, 0.15) is 11.6 Å². The van der Waals surface area contributed by atoms with Crippen LogP contribution in [0.15, 0.2) is 75.8 Å². The molecule has 0 atom stereocenters. The van der Waals surface area contributed by atoms with Gasteiger partial charge in [-0.25, -0.2) is 4.39 Å². The predicted molar refractivity (Wildman–Crippen MR) is 127 cm³/mol. The van der Waals surface area contributed by atoms with Crippen LogP contribution in [0.4, 0.5) is 33.7 Å². The molecule has 0 aliphatic carbocycles. The molecule has 4 rings (SSSR count). The van der Waals surface area contributed by atoms with E-state index in [9.17, 15) is 32.3 Å². The summed E-state index contributed by atoms with van der Waals surface area (Å²) in [5, 5.41) is 17.4. The Hall–Kier alpha value is -3.70. The molecule has 2 amide bonds. The zero-order valence-corrected chi connectivity index (χ0v) is 19.5. The smallest absolute Gasteiger partial charge is 0.416 e. The second kappa shape index (κ2) is 10.1. The van der Waals surface area contributed by atoms with E-state index in [2.05, 4.69) is 10.2 Å². The molecule has 1 saturated heterocycles. The minimum absolute atomic E-state index is 0.0144. The number of halogens is 5. The Morgan fingerprint density at radius 1 is 1.00 bits per heavy atom. The molecule has 12 heteroatoms. The molecule has 1 aliphatic heterocycles. The zero-order chi connectivity index (χ0) is 26.0. The molecule has 0 radical (unpaired) electrons. The van der Waals surface area contributed by atoms with E-state index >= 15 is 0 Å². The predicted octanol–water partition coefficient (Wildman–Crippen LogP) is 7.86. The van der Waals surface area contributed by atoms with E-state index in [0.717, 1.165) is 29.2 Å². The first kappa shape index (κ1) is 25.4. The van der Waals surface area contributed by atoms with E-state index in [0.29, 0.717) is 17.3 Å². The third-order valence-electron chi connectivity index (χ3n) is 4.97. The number of carbonyl (C=O) groups excluding carboxylic acids is 2. The molecular weight excluding hydrogens is 522 g/mol. The van der Waals surface area contributed by atoms with Gasteiger partial charge in [0.05, 0.1) is 28.4 Å². The fourth-order valence-corrected chi connectivity index (χ4v) is 4.23. The van der Waals surface area contributed by atoms with Crippen molar-refractivity contribution in [1.29, 1.82) is 0 Å². The van der Waals surface area contributed by atoms with Crippen molar-refractivity contribution < 1.29 is 32.3 Å². The standard InChI is InChI=1S/C24H14ClF4N3O3S/c25-19-11-16(26)5-4-13(19)12-32-22(34)21(36-23(32)35)9-14-8-18(6-7-20(14)33)31-30-17-3-1-2-15(10-17)24(27,28)29/h1-11,33H,12H2/b21-9-,31-30?. The highest BCUT2D eigenvalue weighted by atomic mass is 35.5. The molecule has 1 aliphatic rings. The van der Waals surface area contributed by atoms with Crippen LogP contribution >= 0.6 is 23.4 Å². The summed E-state index contributed by atoms with van der Waals surface area (Å²) in [5.41, 5.74) is -0.195. The SMILES string of the molecule is O=C1S/C(=C\c2cc(N=Nc3cccc(C(F)(F)F)c3)ccc2O)C(=O)N1Cc1ccc(F)cc1Cl. The monoisotopic (exact) mass is 535 g/mol. The van der Waals surface area contributed by atoms with E-state index in [4.69, 9.17) is 11.6 Å². The summed E-state index contributed by atoms with van der Waals surface area (Å²) in [5.74, 6) is -1.42. The van der Waals surface area contributed by atoms with Crippen LogP contribution in [-0.2, 0) is 17.5 Å². The average Bonchev–Trinajstić information content (AvgIpc) is 3.08. The molecule has 0 bridgehead atoms. The lowest BCUT2D eigenvalue weighted by atomic mass is 10.1. The van der Waals surface area contributed by atoms with E-state index in [1.165, 1.54) is 42.5 Å². The van der Waals surface area contributed by atoms with E-state index in [1.807, 2.05) is 0 Å². The number of azo groups is 1. The Labute approximate surface area is 210 Å². The molecule has 0 spiro atoms. The zero-order valence-electron chi connectivity index (χ0n) is 18.0. The number of hydrogen-bond acceptors (Lipinski definition) is 6. The van der Waals surface area contributed by atoms with E-state index < -0.39 is 28.7 Å². The molecule has 1 N–H and O–H groups in total. The number of hydrogen-bond donors (Lipinski definition) is 1. The lowest BCUT2D eigenvalue weighted by Gasteiger charge is -2.13. The van der Waals surface area contributed by atoms with Crippen LogP contribution in [0.1, 0.15) is 16.7 Å². The molecular formula is C24H14ClF4N3O3S. The molecule has 3 aromatic carbocycles. The summed E-state index contributed by atoms with van der Waals surface area (Å²) in [6, 6.07) is 11.9. The van der Waals surface area contributed by atoms with Gasteiger partial charge in [0.2, 0.25) is 0 Å². The summed E-state index contributed by atoms with van der Waals surface area (Å²) in [4.78, 5) is 26.2. The topological polar surface area (TPSA) is 82.3 Å². The third-order valence-corrected chi connectivity index (χ3v) is 6.23. The van der Waals surface area contributed by atoms with Crippen LogP contribution in [-0.4, -0.2) is 21.2 Å². The number of carbonyl (C=O) groups is 2. The number of amides is 2. The van der Waals surface area contributed by atoms with Crippen molar-refractivity contribution in [2.75, 3.05) is 0 Å². The van der Waals surface area contributed by atoms with Crippen molar-refractivity contribution >= 4 is 52.0 Å². The normalized spacial score (nSPS) is 15.5. The van der Waals surface area contributed by atoms with Crippen LogP contribution in [0, 0.1) is 5.82 Å². The number of nitrogens with zero attached hydrogens (tertiary/aromatic N) is 3. The van der Waals surface area contributed by atoms with Gasteiger partial charge in [0, 0.05) is 10.6 Å². The van der Waals surface area contributed by atoms with Gasteiger partial charge in [-0.1, -0.05) is 23.7 Å². The second-order valence-electron chi connectivity index (χ2n) is 7.49. The van der Waals surface area contributed by atoms with Crippen LogP contribution < -0.4 is 0 Å². The number of rotatable bonds is 5. The van der Waals surface area contributed by atoms with Crippen molar-refractivity contribution in [3.8, 4) is 5.75 Å². The Morgan fingerprint density at radius 3 is 2.42 bits per heavy atom. The first-order chi connectivity index (χ1) is 17.0. The molecule has 0 saturated carbocycles. The highest BCUT2D eigenvalue weighted by Crippen LogP contribution is 2.37. The first-order valence-electron chi connectivity index (χ1n) is 10.1. The Bertz CT molecular complexity index is 1430. The summed E-state index contributed by atoms with van der Waals surface area (Å²) in [7, 11) is 0. The second-order valence-corrected chi connectivity index (χ2v) is 8.90. The molecule has 6 nitrogen and oxygen atoms in total. The summed E-state index contributed by atoms with van der Waals surface area (Å²) >= 11 is 6.64. The number of thioether (sulfide) groups is 1. The van der Waals surface area contributed by atoms with Crippen molar-refractivity contribution in [3.05, 3.63) is 93.1 Å². The molecule has 3 aromatic rings. The lowest BCUT2D eigenvalue weighted by Crippen LogP contribution is -2.27. The minimum atomic E-state index is -4.53. The van der Waals surface area contributed by atoms with Gasteiger partial charge in [-0.15, -0.1) is 0 Å². The van der Waals surface area contributed by atoms with E-state index in [1.54, 1.807) is 0 Å². The minimum Gasteiger partial charge on any atom is -0.507 e. The van der Waals surface area contributed by atoms with Crippen molar-refractivity contribution in [3.63, 3.8) is 0 Å². The van der Waals surface area contributed by atoms with Gasteiger partial charge in [0.25, 0.3) is 11.1 Å². The number of phenolic OH excluding ortho intramolecular Hbond substituents is 1. The fourth-order valence-electron chi connectivity index (χ4n) is 3.18. The number of alkyl halides is 3. The summed E-state index contributed by atoms with van der Waals surface area (Å²) in [6.07, 6.45) is -3.24. The van der Waals surface area contributed by atoms with Crippen LogP contribution in [0.5, 0.6) is 5.75 Å². The molecule has 36 heavy (non-hydrogen) atoms. The number of benzene rings is 3. The Morgan fingerprint density at radius 2 is 1.72 bits per heavy atom. The van der Waals surface area contributed by atoms with Gasteiger partial charge in [-0.2, -0.15) is 23.4 Å². The first-order valence-corrected chi connectivity index (χ1v) is 11.3. The quantitative estimate of drug-likeness (QED) is 0.205. The average molecular weight is 536 g/mol. The Balaban J connectivity index is 1.55. The van der Waals surface area contributed by atoms with Gasteiger partial charge in [-0.05, 0) is 71.9 Å². The van der Waals surface area contributed by atoms with Gasteiger partial charge in [-0.3, -0.25) is 14.5 Å². The molecule has 1 fully saturated rings. The number of aromatic hydroxyl groups is 1. The molecule has 0 aromatic heterocycles. The Kier molecular flexibility index (Phi) is 7.14. The summed E-state index contributed by atoms with van der Waals surface area (Å²) in [6.45, 7) is -0.168. The van der Waals surface area contributed by atoms with Crippen LogP contribution in [0.2, 0.25) is 5.02 Å². The number of imide groups is 1. The third kappa shape index (κ3) is 5.74. The molecule has 0 unspecified atom stereocenters. The van der Waals surface area contributed by atoms with Crippen molar-refractivity contribution in [2.24, 2.45) is 10.2 Å². The lowest BCUT2D eigenvalue weighted by molar-refractivity contribution is -0.137. The van der Waals surface area contributed by atoms with E-state index in [-0.39, 0.29) is 39.2 Å². The van der Waals surface area contributed by atoms with Crippen molar-refractivity contribution in [1.82, 2.24) is 4.90 Å². The largest absolute Gasteiger partial charge is 0.507 e. The highest BCUT2D eigenvalue weighted by molar-refractivity contribution is 8.18. The molecule has 1 heterocycles. The van der Waals surface area contributed by atoms with Crippen molar-refractivity contribution in [2.45, 2.75) is 12.7 Å². The highest BCUT2D eigenvalue weighted by Gasteiger charge is 2.35. The fraction of sp³-hybridized carbons (Fsp3) is 0.0833. The van der Waals surface area contributed by atoms with Gasteiger partial charge < -0.3 is 5.11 Å². The van der Waals surface area contributed by atoms with Crippen LogP contribution in [0.25, 0.3) is 6.08 Å². The van der Waals surface area contributed by atoms with Gasteiger partial charge >= 0.3 is 6.18 Å². The maximum atomic E-state index is 13.3. The van der Waals surface area contributed by atoms with Crippen LogP contribution in [0.3, 0.4) is 0 Å². The molecule has 184 valence electrons.